The molecule has 15 heavy (non-hydrogen) atoms. The van der Waals surface area contributed by atoms with Crippen molar-refractivity contribution >= 4 is 11.9 Å². The van der Waals surface area contributed by atoms with E-state index in [1.807, 2.05) is 0 Å². The summed E-state index contributed by atoms with van der Waals surface area (Å²) in [4.78, 5) is 21.8. The fraction of sp³-hybridized carbons (Fsp3) is 0.636. The van der Waals surface area contributed by atoms with Crippen LogP contribution < -0.4 is 0 Å². The summed E-state index contributed by atoms with van der Waals surface area (Å²) in [5.41, 5.74) is 0. The number of hydrogen-bond donors (Lipinski definition) is 1. The van der Waals surface area contributed by atoms with Gasteiger partial charge in [-0.25, -0.2) is 0 Å². The van der Waals surface area contributed by atoms with Gasteiger partial charge in [0.05, 0.1) is 0 Å². The van der Waals surface area contributed by atoms with Crippen LogP contribution in [0.3, 0.4) is 0 Å². The van der Waals surface area contributed by atoms with Gasteiger partial charge >= 0.3 is 11.9 Å². The van der Waals surface area contributed by atoms with Crippen LogP contribution in [0.25, 0.3) is 0 Å². The number of allylic oxidation sites excluding steroid dienone is 2. The summed E-state index contributed by atoms with van der Waals surface area (Å²) in [5, 5.41) is 8.68. The molecule has 0 aromatic carbocycles. The largest absolute Gasteiger partial charge is 0.481 e. The Balaban J connectivity index is 2.44. The molecule has 4 heteroatoms. The standard InChI is InChI=1S/C11H16O4/c1-2-3-4-5-8-6-7-9(10(12)13)11(14)15-8/h6,9H,2-5,7H2,1H3,(H,12,13). The number of ether oxygens (including phenoxy) is 1. The number of esters is 1. The van der Waals surface area contributed by atoms with Crippen LogP contribution in [-0.4, -0.2) is 17.0 Å². The van der Waals surface area contributed by atoms with Gasteiger partial charge in [-0.1, -0.05) is 19.8 Å². The molecule has 0 radical (unpaired) electrons. The zero-order valence-electron chi connectivity index (χ0n) is 8.86. The van der Waals surface area contributed by atoms with Crippen LogP contribution in [0, 0.1) is 5.92 Å². The van der Waals surface area contributed by atoms with Crippen molar-refractivity contribution in [3.8, 4) is 0 Å². The molecular formula is C11H16O4. The van der Waals surface area contributed by atoms with Gasteiger partial charge in [0.25, 0.3) is 0 Å². The van der Waals surface area contributed by atoms with Gasteiger partial charge in [-0.2, -0.15) is 0 Å². The third-order valence-electron chi connectivity index (χ3n) is 2.42. The lowest BCUT2D eigenvalue weighted by Crippen LogP contribution is -2.28. The second-order valence-corrected chi connectivity index (χ2v) is 3.68. The quantitative estimate of drug-likeness (QED) is 0.430. The minimum Gasteiger partial charge on any atom is -0.481 e. The summed E-state index contributed by atoms with van der Waals surface area (Å²) in [5.74, 6) is -2.12. The van der Waals surface area contributed by atoms with E-state index in [-0.39, 0.29) is 6.42 Å². The molecule has 0 bridgehead atoms. The minimum absolute atomic E-state index is 0.260. The number of unbranched alkanes of at least 4 members (excludes halogenated alkanes) is 2. The normalized spacial score (nSPS) is 20.7. The average molecular weight is 212 g/mol. The van der Waals surface area contributed by atoms with Gasteiger partial charge in [0.1, 0.15) is 5.76 Å². The van der Waals surface area contributed by atoms with Gasteiger partial charge < -0.3 is 9.84 Å². The van der Waals surface area contributed by atoms with E-state index in [9.17, 15) is 9.59 Å². The van der Waals surface area contributed by atoms with Gasteiger partial charge in [0.15, 0.2) is 5.92 Å². The van der Waals surface area contributed by atoms with Crippen molar-refractivity contribution in [2.75, 3.05) is 0 Å². The summed E-state index contributed by atoms with van der Waals surface area (Å²) in [6.45, 7) is 2.10. The van der Waals surface area contributed by atoms with E-state index < -0.39 is 17.9 Å². The van der Waals surface area contributed by atoms with E-state index in [2.05, 4.69) is 6.92 Å². The van der Waals surface area contributed by atoms with Crippen LogP contribution in [0.4, 0.5) is 0 Å². The Morgan fingerprint density at radius 3 is 2.87 bits per heavy atom. The lowest BCUT2D eigenvalue weighted by molar-refractivity contribution is -0.157. The number of carboxylic acids is 1. The summed E-state index contributed by atoms with van der Waals surface area (Å²) < 4.78 is 4.95. The fourth-order valence-corrected chi connectivity index (χ4v) is 1.49. The number of aliphatic carboxylic acids is 1. The van der Waals surface area contributed by atoms with E-state index in [1.54, 1.807) is 6.08 Å². The summed E-state index contributed by atoms with van der Waals surface area (Å²) >= 11 is 0. The molecule has 0 aliphatic carbocycles. The Morgan fingerprint density at radius 1 is 1.60 bits per heavy atom. The maximum absolute atomic E-state index is 11.2. The third kappa shape index (κ3) is 3.38. The maximum atomic E-state index is 11.2. The summed E-state index contributed by atoms with van der Waals surface area (Å²) in [7, 11) is 0. The molecule has 0 aromatic rings. The molecule has 1 rings (SSSR count). The Hall–Kier alpha value is -1.32. The van der Waals surface area contributed by atoms with E-state index >= 15 is 0 Å². The first kappa shape index (κ1) is 11.8. The van der Waals surface area contributed by atoms with E-state index in [1.165, 1.54) is 0 Å². The molecule has 1 N–H and O–H groups in total. The molecule has 4 nitrogen and oxygen atoms in total. The lowest BCUT2D eigenvalue weighted by atomic mass is 10.0. The molecular weight excluding hydrogens is 196 g/mol. The molecule has 0 amide bonds. The molecule has 1 aliphatic heterocycles. The first-order valence-corrected chi connectivity index (χ1v) is 5.28. The van der Waals surface area contributed by atoms with Gasteiger partial charge in [-0.05, 0) is 18.9 Å². The van der Waals surface area contributed by atoms with Gasteiger partial charge in [-0.15, -0.1) is 0 Å². The van der Waals surface area contributed by atoms with Crippen molar-refractivity contribution in [3.05, 3.63) is 11.8 Å². The van der Waals surface area contributed by atoms with Crippen molar-refractivity contribution in [2.45, 2.75) is 39.0 Å². The minimum atomic E-state index is -1.11. The molecule has 1 atom stereocenters. The van der Waals surface area contributed by atoms with Crippen LogP contribution in [-0.2, 0) is 14.3 Å². The Labute approximate surface area is 88.9 Å². The average Bonchev–Trinajstić information content (AvgIpc) is 2.17. The number of carboxylic acid groups (broad SMARTS) is 1. The van der Waals surface area contributed by atoms with E-state index in [0.717, 1.165) is 25.7 Å². The Morgan fingerprint density at radius 2 is 2.33 bits per heavy atom. The van der Waals surface area contributed by atoms with Crippen molar-refractivity contribution in [3.63, 3.8) is 0 Å². The lowest BCUT2D eigenvalue weighted by Gasteiger charge is -2.17. The van der Waals surface area contributed by atoms with E-state index in [0.29, 0.717) is 5.76 Å². The van der Waals surface area contributed by atoms with Crippen LogP contribution in [0.2, 0.25) is 0 Å². The first-order valence-electron chi connectivity index (χ1n) is 5.28. The fourth-order valence-electron chi connectivity index (χ4n) is 1.49. The first-order chi connectivity index (χ1) is 7.15. The highest BCUT2D eigenvalue weighted by Crippen LogP contribution is 2.21. The molecule has 1 unspecified atom stereocenters. The van der Waals surface area contributed by atoms with Crippen molar-refractivity contribution in [2.24, 2.45) is 5.92 Å². The molecule has 0 fully saturated rings. The zero-order valence-corrected chi connectivity index (χ0v) is 8.86. The van der Waals surface area contributed by atoms with E-state index in [4.69, 9.17) is 9.84 Å². The Bertz CT molecular complexity index is 280. The number of rotatable bonds is 5. The predicted molar refractivity (Wildman–Crippen MR) is 54.1 cm³/mol. The molecule has 0 spiro atoms. The Kier molecular flexibility index (Phi) is 4.34. The predicted octanol–water partition coefficient (Wildman–Crippen LogP) is 2.10. The maximum Gasteiger partial charge on any atom is 0.325 e. The van der Waals surface area contributed by atoms with Gasteiger partial charge in [0, 0.05) is 6.42 Å². The second kappa shape index (κ2) is 5.53. The van der Waals surface area contributed by atoms with Crippen LogP contribution in [0.15, 0.2) is 11.8 Å². The highest BCUT2D eigenvalue weighted by Gasteiger charge is 2.30. The van der Waals surface area contributed by atoms with Crippen LogP contribution in [0.5, 0.6) is 0 Å². The topological polar surface area (TPSA) is 63.6 Å². The number of carbonyl (C=O) groups is 2. The highest BCUT2D eigenvalue weighted by molar-refractivity contribution is 5.95. The highest BCUT2D eigenvalue weighted by atomic mass is 16.5. The van der Waals surface area contributed by atoms with Crippen molar-refractivity contribution < 1.29 is 19.4 Å². The number of hydrogen-bond acceptors (Lipinski definition) is 3. The third-order valence-corrected chi connectivity index (χ3v) is 2.42. The number of cyclic esters (lactones) is 1. The monoisotopic (exact) mass is 212 g/mol. The second-order valence-electron chi connectivity index (χ2n) is 3.68. The van der Waals surface area contributed by atoms with Gasteiger partial charge in [-0.3, -0.25) is 9.59 Å². The SMILES string of the molecule is CCCCCC1=CCC(C(=O)O)C(=O)O1. The molecule has 84 valence electrons. The van der Waals surface area contributed by atoms with Crippen LogP contribution >= 0.6 is 0 Å². The molecule has 0 saturated heterocycles. The summed E-state index contributed by atoms with van der Waals surface area (Å²) in [6.07, 6.45) is 5.89. The molecule has 1 aliphatic rings. The van der Waals surface area contributed by atoms with Crippen molar-refractivity contribution in [1.82, 2.24) is 0 Å². The smallest absolute Gasteiger partial charge is 0.325 e. The van der Waals surface area contributed by atoms with Crippen LogP contribution in [0.1, 0.15) is 39.0 Å². The molecule has 0 saturated carbocycles. The van der Waals surface area contributed by atoms with Crippen molar-refractivity contribution in [1.29, 1.82) is 0 Å². The zero-order chi connectivity index (χ0) is 11.3. The van der Waals surface area contributed by atoms with Gasteiger partial charge in [0.2, 0.25) is 0 Å². The number of carbonyl (C=O) groups excluding carboxylic acids is 1. The molecule has 0 aromatic heterocycles. The summed E-state index contributed by atoms with van der Waals surface area (Å²) in [6, 6.07) is 0. The molecule has 1 heterocycles.